The summed E-state index contributed by atoms with van der Waals surface area (Å²) in [5, 5.41) is 12.7. The highest BCUT2D eigenvalue weighted by atomic mass is 16.4. The molecule has 0 saturated heterocycles. The van der Waals surface area contributed by atoms with Crippen molar-refractivity contribution in [1.82, 2.24) is 5.32 Å². The zero-order chi connectivity index (χ0) is 13.1. The number of hydrogen-bond donors (Lipinski definition) is 2. The van der Waals surface area contributed by atoms with Crippen LogP contribution in [0.5, 0.6) is 0 Å². The molecule has 0 aromatic rings. The molecule has 1 aliphatic rings. The third-order valence-corrected chi connectivity index (χ3v) is 3.97. The molecule has 3 heteroatoms. The van der Waals surface area contributed by atoms with Crippen LogP contribution in [0.4, 0.5) is 0 Å². The lowest BCUT2D eigenvalue weighted by Crippen LogP contribution is -2.61. The number of carboxylic acids is 1. The molecule has 0 amide bonds. The molecule has 1 rings (SSSR count). The molecule has 1 saturated carbocycles. The molecule has 1 aliphatic carbocycles. The van der Waals surface area contributed by atoms with E-state index in [1.54, 1.807) is 0 Å². The summed E-state index contributed by atoms with van der Waals surface area (Å²) in [4.78, 5) is 11.7. The molecule has 0 aromatic carbocycles. The molecule has 96 valence electrons. The van der Waals surface area contributed by atoms with E-state index in [-0.39, 0.29) is 5.92 Å². The summed E-state index contributed by atoms with van der Waals surface area (Å²) in [5.41, 5.74) is -0.835. The van der Waals surface area contributed by atoms with E-state index in [0.29, 0.717) is 24.8 Å². The van der Waals surface area contributed by atoms with Crippen LogP contribution in [-0.2, 0) is 4.79 Å². The van der Waals surface area contributed by atoms with Crippen molar-refractivity contribution in [3.8, 4) is 12.3 Å². The Bertz CT molecular complexity index is 319. The van der Waals surface area contributed by atoms with E-state index in [0.717, 1.165) is 12.8 Å². The Balaban J connectivity index is 3.01. The van der Waals surface area contributed by atoms with Gasteiger partial charge >= 0.3 is 5.97 Å². The lowest BCUT2D eigenvalue weighted by Gasteiger charge is -2.45. The Morgan fingerprint density at radius 2 is 2.24 bits per heavy atom. The Kier molecular flexibility index (Phi) is 4.59. The molecule has 3 atom stereocenters. The highest BCUT2D eigenvalue weighted by Crippen LogP contribution is 2.41. The van der Waals surface area contributed by atoms with Gasteiger partial charge in [-0.3, -0.25) is 10.1 Å². The lowest BCUT2D eigenvalue weighted by molar-refractivity contribution is -0.151. The smallest absolute Gasteiger partial charge is 0.324 e. The van der Waals surface area contributed by atoms with E-state index in [1.165, 1.54) is 0 Å². The van der Waals surface area contributed by atoms with E-state index >= 15 is 0 Å². The Morgan fingerprint density at radius 3 is 2.71 bits per heavy atom. The number of hydrogen-bond acceptors (Lipinski definition) is 2. The van der Waals surface area contributed by atoms with Crippen molar-refractivity contribution in [2.24, 2.45) is 17.8 Å². The average molecular weight is 237 g/mol. The number of aliphatic carboxylic acids is 1. The molecule has 1 fully saturated rings. The molecular formula is C14H23NO2. The number of nitrogens with one attached hydrogen (secondary N) is 1. The van der Waals surface area contributed by atoms with Crippen molar-refractivity contribution >= 4 is 5.97 Å². The van der Waals surface area contributed by atoms with Crippen molar-refractivity contribution in [2.75, 3.05) is 6.54 Å². The van der Waals surface area contributed by atoms with Crippen molar-refractivity contribution in [3.05, 3.63) is 0 Å². The Morgan fingerprint density at radius 1 is 1.59 bits per heavy atom. The standard InChI is InChI=1S/C14H23NO2/c1-5-8-15-14(13(16)17)9-11(4)6-7-12(14)10(2)3/h1,10-12,15H,6-9H2,2-4H3,(H,16,17). The summed E-state index contributed by atoms with van der Waals surface area (Å²) in [6.45, 7) is 6.62. The average Bonchev–Trinajstić information content (AvgIpc) is 2.25. The van der Waals surface area contributed by atoms with Crippen LogP contribution in [0.3, 0.4) is 0 Å². The van der Waals surface area contributed by atoms with E-state index in [9.17, 15) is 9.90 Å². The van der Waals surface area contributed by atoms with Crippen LogP contribution >= 0.6 is 0 Å². The van der Waals surface area contributed by atoms with Crippen molar-refractivity contribution in [3.63, 3.8) is 0 Å². The van der Waals surface area contributed by atoms with Crippen LogP contribution in [-0.4, -0.2) is 23.2 Å². The molecule has 0 heterocycles. The second-order valence-electron chi connectivity index (χ2n) is 5.57. The molecule has 0 radical (unpaired) electrons. The number of rotatable bonds is 4. The lowest BCUT2D eigenvalue weighted by atomic mass is 9.65. The Labute approximate surface area is 104 Å². The maximum atomic E-state index is 11.7. The summed E-state index contributed by atoms with van der Waals surface area (Å²) in [6, 6.07) is 0. The first-order chi connectivity index (χ1) is 7.94. The van der Waals surface area contributed by atoms with Crippen molar-refractivity contribution in [2.45, 2.75) is 45.6 Å². The van der Waals surface area contributed by atoms with E-state index in [2.05, 4.69) is 32.0 Å². The molecule has 0 bridgehead atoms. The SMILES string of the molecule is C#CCNC1(C(=O)O)CC(C)CCC1C(C)C. The van der Waals surface area contributed by atoms with Gasteiger partial charge in [-0.2, -0.15) is 0 Å². The first-order valence-electron chi connectivity index (χ1n) is 6.36. The van der Waals surface area contributed by atoms with Crippen LogP contribution in [0.2, 0.25) is 0 Å². The van der Waals surface area contributed by atoms with E-state index in [1.807, 2.05) is 0 Å². The highest BCUT2D eigenvalue weighted by molar-refractivity contribution is 5.79. The molecular weight excluding hydrogens is 214 g/mol. The highest BCUT2D eigenvalue weighted by Gasteiger charge is 2.49. The van der Waals surface area contributed by atoms with Gasteiger partial charge in [0.05, 0.1) is 6.54 Å². The first-order valence-corrected chi connectivity index (χ1v) is 6.36. The molecule has 17 heavy (non-hydrogen) atoms. The van der Waals surface area contributed by atoms with Crippen LogP contribution < -0.4 is 5.32 Å². The molecule has 2 N–H and O–H groups in total. The molecule has 3 unspecified atom stereocenters. The fourth-order valence-corrected chi connectivity index (χ4v) is 3.15. The van der Waals surface area contributed by atoms with Gasteiger partial charge in [0.25, 0.3) is 0 Å². The van der Waals surface area contributed by atoms with Gasteiger partial charge in [0.1, 0.15) is 5.54 Å². The second-order valence-corrected chi connectivity index (χ2v) is 5.57. The quantitative estimate of drug-likeness (QED) is 0.736. The summed E-state index contributed by atoms with van der Waals surface area (Å²) in [7, 11) is 0. The molecule has 3 nitrogen and oxygen atoms in total. The van der Waals surface area contributed by atoms with Gasteiger partial charge in [0.15, 0.2) is 0 Å². The monoisotopic (exact) mass is 237 g/mol. The van der Waals surface area contributed by atoms with Gasteiger partial charge in [0.2, 0.25) is 0 Å². The number of carboxylic acid groups (broad SMARTS) is 1. The first kappa shape index (κ1) is 14.1. The topological polar surface area (TPSA) is 49.3 Å². The van der Waals surface area contributed by atoms with Crippen LogP contribution in [0.15, 0.2) is 0 Å². The number of terminal acetylenes is 1. The molecule has 0 aromatic heterocycles. The van der Waals surface area contributed by atoms with Crippen LogP contribution in [0.25, 0.3) is 0 Å². The Hall–Kier alpha value is -1.01. The molecule has 0 aliphatic heterocycles. The minimum absolute atomic E-state index is 0.157. The molecule has 0 spiro atoms. The van der Waals surface area contributed by atoms with Gasteiger partial charge in [-0.1, -0.05) is 33.1 Å². The predicted octanol–water partition coefficient (Wildman–Crippen LogP) is 2.12. The maximum absolute atomic E-state index is 11.7. The zero-order valence-corrected chi connectivity index (χ0v) is 11.0. The summed E-state index contributed by atoms with van der Waals surface area (Å²) in [5.74, 6) is 2.69. The van der Waals surface area contributed by atoms with Gasteiger partial charge in [-0.15, -0.1) is 6.42 Å². The number of carbonyl (C=O) groups is 1. The third-order valence-electron chi connectivity index (χ3n) is 3.97. The van der Waals surface area contributed by atoms with Crippen molar-refractivity contribution in [1.29, 1.82) is 0 Å². The predicted molar refractivity (Wildman–Crippen MR) is 68.5 cm³/mol. The van der Waals surface area contributed by atoms with Gasteiger partial charge in [-0.05, 0) is 30.6 Å². The second kappa shape index (κ2) is 5.55. The largest absolute Gasteiger partial charge is 0.480 e. The summed E-state index contributed by atoms with van der Waals surface area (Å²) < 4.78 is 0. The fourth-order valence-electron chi connectivity index (χ4n) is 3.15. The minimum atomic E-state index is -0.835. The van der Waals surface area contributed by atoms with Crippen molar-refractivity contribution < 1.29 is 9.90 Å². The fraction of sp³-hybridized carbons (Fsp3) is 0.786. The zero-order valence-electron chi connectivity index (χ0n) is 11.0. The normalized spacial score (nSPS) is 33.4. The van der Waals surface area contributed by atoms with Gasteiger partial charge in [0, 0.05) is 0 Å². The van der Waals surface area contributed by atoms with Gasteiger partial charge in [-0.25, -0.2) is 0 Å². The minimum Gasteiger partial charge on any atom is -0.480 e. The van der Waals surface area contributed by atoms with Crippen LogP contribution in [0, 0.1) is 30.1 Å². The van der Waals surface area contributed by atoms with Crippen LogP contribution in [0.1, 0.15) is 40.0 Å². The van der Waals surface area contributed by atoms with Gasteiger partial charge < -0.3 is 5.11 Å². The maximum Gasteiger partial charge on any atom is 0.324 e. The third kappa shape index (κ3) is 2.81. The van der Waals surface area contributed by atoms with E-state index < -0.39 is 11.5 Å². The van der Waals surface area contributed by atoms with E-state index in [4.69, 9.17) is 6.42 Å². The summed E-state index contributed by atoms with van der Waals surface area (Å²) >= 11 is 0. The summed E-state index contributed by atoms with van der Waals surface area (Å²) in [6.07, 6.45) is 8.00.